The minimum atomic E-state index is -4.67. The molecule has 5 atom stereocenters. The third-order valence-corrected chi connectivity index (χ3v) is 4.51. The quantitative estimate of drug-likeness (QED) is 0.199. The fourth-order valence-electron chi connectivity index (χ4n) is 2.37. The Kier molecular flexibility index (Phi) is 10.0. The van der Waals surface area contributed by atoms with E-state index >= 15 is 0 Å². The number of non-ortho nitro benzene ring substituents is 1. The first-order chi connectivity index (χ1) is 13.0. The molecule has 2 rings (SSSR count). The van der Waals surface area contributed by atoms with Gasteiger partial charge in [0.25, 0.3) is 5.69 Å². The molecule has 1 fully saturated rings. The zero-order valence-electron chi connectivity index (χ0n) is 15.3. The SMILES string of the molecule is CC(=O)N[C@@H]1[C@@H](O)[C@H](O)[C@@H](COS(=O)(=O)Oc2ccc([N+](=O)[O-])cc2)O[C@H]1[O-].[K+]. The van der Waals surface area contributed by atoms with Gasteiger partial charge in [-0.25, -0.2) is 4.18 Å². The average Bonchev–Trinajstić information content (AvgIpc) is 2.60. The van der Waals surface area contributed by atoms with E-state index in [0.29, 0.717) is 0 Å². The number of amides is 1. The number of nitrogens with zero attached hydrogens (tertiary/aromatic N) is 1. The number of carbonyl (C=O) groups excluding carboxylic acids is 1. The second kappa shape index (κ2) is 11.1. The van der Waals surface area contributed by atoms with Crippen molar-refractivity contribution in [2.24, 2.45) is 0 Å². The van der Waals surface area contributed by atoms with E-state index in [1.54, 1.807) is 0 Å². The van der Waals surface area contributed by atoms with Gasteiger partial charge in [0.2, 0.25) is 5.91 Å². The van der Waals surface area contributed by atoms with Gasteiger partial charge in [-0.05, 0) is 12.1 Å². The third kappa shape index (κ3) is 7.48. The predicted molar refractivity (Wildman–Crippen MR) is 86.9 cm³/mol. The Morgan fingerprint density at radius 1 is 1.28 bits per heavy atom. The second-order valence-corrected chi connectivity index (χ2v) is 7.00. The number of carbonyl (C=O) groups is 1. The summed E-state index contributed by atoms with van der Waals surface area (Å²) in [6, 6.07) is 2.65. The van der Waals surface area contributed by atoms with Crippen LogP contribution in [0.25, 0.3) is 0 Å². The fourth-order valence-corrected chi connectivity index (χ4v) is 3.07. The molecule has 0 bridgehead atoms. The van der Waals surface area contributed by atoms with Crippen molar-refractivity contribution in [1.82, 2.24) is 5.32 Å². The molecular weight excluding hydrogens is 443 g/mol. The molecular formula is C14H17KN2O11S. The Hall–Kier alpha value is -0.724. The minimum Gasteiger partial charge on any atom is -0.829 e. The Morgan fingerprint density at radius 2 is 1.86 bits per heavy atom. The molecule has 1 aliphatic heterocycles. The molecule has 1 aromatic rings. The molecule has 1 aliphatic rings. The summed E-state index contributed by atoms with van der Waals surface area (Å²) < 4.78 is 37.6. The predicted octanol–water partition coefficient (Wildman–Crippen LogP) is -5.45. The van der Waals surface area contributed by atoms with Crippen LogP contribution in [0.4, 0.5) is 5.69 Å². The Bertz CT molecular complexity index is 819. The number of aliphatic hydroxyl groups excluding tert-OH is 2. The van der Waals surface area contributed by atoms with E-state index in [1.807, 2.05) is 0 Å². The van der Waals surface area contributed by atoms with Crippen LogP contribution in [0.3, 0.4) is 0 Å². The van der Waals surface area contributed by atoms with Gasteiger partial charge in [-0.1, -0.05) is 0 Å². The summed E-state index contributed by atoms with van der Waals surface area (Å²) in [4.78, 5) is 20.9. The molecule has 1 heterocycles. The topological polar surface area (TPSA) is 198 Å². The number of hydrogen-bond donors (Lipinski definition) is 3. The fraction of sp³-hybridized carbons (Fsp3) is 0.500. The van der Waals surface area contributed by atoms with E-state index in [-0.39, 0.29) is 62.8 Å². The molecule has 1 amide bonds. The van der Waals surface area contributed by atoms with Gasteiger partial charge >= 0.3 is 61.8 Å². The first-order valence-corrected chi connectivity index (χ1v) is 9.11. The molecule has 0 spiro atoms. The molecule has 0 aromatic heterocycles. The summed E-state index contributed by atoms with van der Waals surface area (Å²) in [5.74, 6) is -0.905. The standard InChI is InChI=1S/C14H17N2O11S.K/c1-7(17)15-11-13(19)12(18)10(26-14(11)20)6-25-28(23,24)27-9-4-2-8(3-5-9)16(21)22;/h2-5,10-14,18-19H,6H2,1H3,(H,15,17);/q-1;+1/t10-,11-,12-,13-,14-;/m1./s1. The van der Waals surface area contributed by atoms with E-state index in [1.165, 1.54) is 0 Å². The molecule has 1 aromatic carbocycles. The molecule has 29 heavy (non-hydrogen) atoms. The number of nitro benzene ring substituents is 1. The van der Waals surface area contributed by atoms with Crippen LogP contribution >= 0.6 is 0 Å². The van der Waals surface area contributed by atoms with Gasteiger partial charge in [0.05, 0.1) is 17.6 Å². The summed E-state index contributed by atoms with van der Waals surface area (Å²) in [5.41, 5.74) is -0.284. The van der Waals surface area contributed by atoms with Crippen LogP contribution < -0.4 is 66.0 Å². The number of hydrogen-bond acceptors (Lipinski definition) is 11. The largest absolute Gasteiger partial charge is 1.00 e. The van der Waals surface area contributed by atoms with Crippen LogP contribution in [0.1, 0.15) is 6.92 Å². The number of aliphatic hydroxyl groups is 2. The van der Waals surface area contributed by atoms with Crippen LogP contribution in [-0.2, 0) is 24.1 Å². The van der Waals surface area contributed by atoms with Crippen molar-refractivity contribution in [1.29, 1.82) is 0 Å². The molecule has 1 saturated heterocycles. The van der Waals surface area contributed by atoms with E-state index < -0.39 is 58.5 Å². The van der Waals surface area contributed by atoms with E-state index in [9.17, 15) is 38.6 Å². The summed E-state index contributed by atoms with van der Waals surface area (Å²) in [6.07, 6.45) is -6.93. The van der Waals surface area contributed by atoms with Crippen molar-refractivity contribution >= 4 is 22.0 Å². The van der Waals surface area contributed by atoms with Crippen molar-refractivity contribution < 1.29 is 97.9 Å². The third-order valence-electron chi connectivity index (χ3n) is 3.69. The Labute approximate surface area is 207 Å². The maximum absolute atomic E-state index is 11.9. The van der Waals surface area contributed by atoms with Crippen molar-refractivity contribution in [3.8, 4) is 5.75 Å². The number of benzene rings is 1. The summed E-state index contributed by atoms with van der Waals surface area (Å²) >= 11 is 0. The first-order valence-electron chi connectivity index (χ1n) is 7.78. The van der Waals surface area contributed by atoms with E-state index in [0.717, 1.165) is 31.2 Å². The van der Waals surface area contributed by atoms with E-state index in [2.05, 4.69) is 13.7 Å². The molecule has 15 heteroatoms. The number of rotatable bonds is 7. The molecule has 0 saturated carbocycles. The molecule has 0 unspecified atom stereocenters. The summed E-state index contributed by atoms with van der Waals surface area (Å²) in [6.45, 7) is 0.238. The Morgan fingerprint density at radius 3 is 2.38 bits per heavy atom. The van der Waals surface area contributed by atoms with Gasteiger partial charge in [0.1, 0.15) is 24.1 Å². The van der Waals surface area contributed by atoms with Gasteiger partial charge in [-0.3, -0.25) is 14.9 Å². The van der Waals surface area contributed by atoms with Crippen molar-refractivity contribution in [2.75, 3.05) is 6.61 Å². The van der Waals surface area contributed by atoms with Crippen molar-refractivity contribution in [3.63, 3.8) is 0 Å². The zero-order chi connectivity index (χ0) is 21.1. The van der Waals surface area contributed by atoms with Crippen molar-refractivity contribution in [3.05, 3.63) is 34.4 Å². The first kappa shape index (κ1) is 26.3. The van der Waals surface area contributed by atoms with Crippen LogP contribution in [0.5, 0.6) is 5.75 Å². The molecule has 0 aliphatic carbocycles. The number of nitrogens with one attached hydrogen (secondary N) is 1. The molecule has 3 N–H and O–H groups in total. The van der Waals surface area contributed by atoms with Gasteiger partial charge < -0.3 is 29.6 Å². The number of nitro groups is 1. The molecule has 156 valence electrons. The smallest absolute Gasteiger partial charge is 0.829 e. The van der Waals surface area contributed by atoms with Crippen LogP contribution in [0, 0.1) is 10.1 Å². The molecule has 0 radical (unpaired) electrons. The minimum absolute atomic E-state index is 0. The second-order valence-electron chi connectivity index (χ2n) is 5.78. The summed E-state index contributed by atoms with van der Waals surface area (Å²) in [7, 11) is -4.67. The maximum Gasteiger partial charge on any atom is 1.00 e. The van der Waals surface area contributed by atoms with Gasteiger partial charge in [0, 0.05) is 25.3 Å². The van der Waals surface area contributed by atoms with Gasteiger partial charge in [-0.2, -0.15) is 8.42 Å². The maximum atomic E-state index is 11.9. The van der Waals surface area contributed by atoms with Gasteiger partial charge in [0.15, 0.2) is 0 Å². The normalized spacial score (nSPS) is 26.8. The number of ether oxygens (including phenoxy) is 1. The monoisotopic (exact) mass is 460 g/mol. The van der Waals surface area contributed by atoms with Crippen LogP contribution in [0.15, 0.2) is 24.3 Å². The molecule has 13 nitrogen and oxygen atoms in total. The van der Waals surface area contributed by atoms with E-state index in [4.69, 9.17) is 4.74 Å². The van der Waals surface area contributed by atoms with Crippen LogP contribution in [-0.4, -0.2) is 66.7 Å². The Balaban J connectivity index is 0.00000420. The van der Waals surface area contributed by atoms with Gasteiger partial charge in [-0.15, -0.1) is 0 Å². The summed E-state index contributed by atoms with van der Waals surface area (Å²) in [5, 5.41) is 44.5. The van der Waals surface area contributed by atoms with Crippen molar-refractivity contribution in [2.45, 2.75) is 37.6 Å². The van der Waals surface area contributed by atoms with Crippen LogP contribution in [0.2, 0.25) is 0 Å². The average molecular weight is 460 g/mol. The zero-order valence-corrected chi connectivity index (χ0v) is 19.3.